The Hall–Kier alpha value is -1.04. The Morgan fingerprint density at radius 3 is 2.92 bits per heavy atom. The van der Waals surface area contributed by atoms with Crippen LogP contribution in [0.4, 0.5) is 0 Å². The average Bonchev–Trinajstić information content (AvgIpc) is 3.16. The number of nitrogens with zero attached hydrogens (tertiary/aromatic N) is 1. The topological polar surface area (TPSA) is 41.6 Å². The van der Waals surface area contributed by atoms with Gasteiger partial charge in [-0.15, -0.1) is 11.8 Å². The molecule has 25 heavy (non-hydrogen) atoms. The molecule has 4 rings (SSSR count). The van der Waals surface area contributed by atoms with Crippen molar-refractivity contribution < 1.29 is 9.53 Å². The van der Waals surface area contributed by atoms with E-state index in [0.717, 1.165) is 54.8 Å². The highest BCUT2D eigenvalue weighted by atomic mass is 32.2. The molecule has 2 atom stereocenters. The summed E-state index contributed by atoms with van der Waals surface area (Å²) < 4.78 is 5.70. The van der Waals surface area contributed by atoms with Gasteiger partial charge in [0, 0.05) is 36.4 Å². The van der Waals surface area contributed by atoms with Crippen molar-refractivity contribution in [2.45, 2.75) is 49.1 Å². The maximum atomic E-state index is 12.7. The third-order valence-corrected chi connectivity index (χ3v) is 6.72. The van der Waals surface area contributed by atoms with Gasteiger partial charge in [0.25, 0.3) is 5.91 Å². The molecule has 0 radical (unpaired) electrons. The number of nitrogens with one attached hydrogen (secondary N) is 1. The molecule has 3 fully saturated rings. The van der Waals surface area contributed by atoms with E-state index in [4.69, 9.17) is 4.74 Å². The van der Waals surface area contributed by atoms with Gasteiger partial charge in [-0.05, 0) is 56.7 Å². The number of ether oxygens (including phenoxy) is 1. The van der Waals surface area contributed by atoms with Crippen molar-refractivity contribution in [3.63, 3.8) is 0 Å². The molecule has 5 heteroatoms. The fraction of sp³-hybridized carbons (Fsp3) is 0.650. The van der Waals surface area contributed by atoms with Crippen molar-refractivity contribution in [1.29, 1.82) is 0 Å². The molecule has 2 saturated heterocycles. The Bertz CT molecular complexity index is 599. The van der Waals surface area contributed by atoms with Crippen molar-refractivity contribution in [2.24, 2.45) is 5.92 Å². The molecule has 1 N–H and O–H groups in total. The molecule has 1 aromatic rings. The highest BCUT2D eigenvalue weighted by molar-refractivity contribution is 7.99. The van der Waals surface area contributed by atoms with Crippen molar-refractivity contribution >= 4 is 17.7 Å². The first kappa shape index (κ1) is 17.4. The molecule has 136 valence electrons. The van der Waals surface area contributed by atoms with Crippen LogP contribution in [0.5, 0.6) is 0 Å². The second kappa shape index (κ2) is 8.11. The molecule has 3 aliphatic rings. The van der Waals surface area contributed by atoms with E-state index < -0.39 is 0 Å². The Morgan fingerprint density at radius 1 is 1.24 bits per heavy atom. The first-order valence-electron chi connectivity index (χ1n) is 9.65. The summed E-state index contributed by atoms with van der Waals surface area (Å²) in [5, 5.41) is 3.18. The Labute approximate surface area is 154 Å². The van der Waals surface area contributed by atoms with E-state index in [1.165, 1.54) is 25.8 Å². The van der Waals surface area contributed by atoms with Crippen LogP contribution in [-0.4, -0.2) is 54.9 Å². The molecule has 2 heterocycles. The lowest BCUT2D eigenvalue weighted by Gasteiger charge is -2.16. The molecule has 1 aromatic carbocycles. The van der Waals surface area contributed by atoms with Crippen LogP contribution >= 0.6 is 11.8 Å². The van der Waals surface area contributed by atoms with Crippen LogP contribution in [0.15, 0.2) is 29.2 Å². The second-order valence-corrected chi connectivity index (χ2v) is 8.59. The molecule has 0 aromatic heterocycles. The number of hydrogen-bond donors (Lipinski definition) is 1. The molecule has 1 aliphatic carbocycles. The fourth-order valence-corrected chi connectivity index (χ4v) is 4.99. The Balaban J connectivity index is 1.28. The predicted molar refractivity (Wildman–Crippen MR) is 101 cm³/mol. The molecule has 1 amide bonds. The summed E-state index contributed by atoms with van der Waals surface area (Å²) in [5.41, 5.74) is 0.808. The van der Waals surface area contributed by atoms with Gasteiger partial charge in [-0.3, -0.25) is 4.79 Å². The van der Waals surface area contributed by atoms with Crippen molar-refractivity contribution in [2.75, 3.05) is 32.0 Å². The zero-order valence-corrected chi connectivity index (χ0v) is 15.6. The number of hydrogen-bond acceptors (Lipinski definition) is 4. The fourth-order valence-electron chi connectivity index (χ4n) is 3.87. The standard InChI is InChI=1S/C20H28N2O2S/c23-20(21-12-15-9-10-22(13-15)16-7-8-16)18-5-1-2-6-19(18)25-14-17-4-3-11-24-17/h1-2,5-6,15-17H,3-4,7-14H2,(H,21,23)/t15-,17-/m0/s1. The minimum atomic E-state index is 0.0697. The molecular weight excluding hydrogens is 332 g/mol. The van der Waals surface area contributed by atoms with Crippen LogP contribution < -0.4 is 5.32 Å². The number of rotatable bonds is 7. The first-order valence-corrected chi connectivity index (χ1v) is 10.6. The minimum Gasteiger partial charge on any atom is -0.377 e. The summed E-state index contributed by atoms with van der Waals surface area (Å²) >= 11 is 1.75. The molecule has 0 unspecified atom stereocenters. The zero-order chi connectivity index (χ0) is 17.1. The van der Waals surface area contributed by atoms with Crippen LogP contribution in [0.25, 0.3) is 0 Å². The molecule has 2 aliphatic heterocycles. The molecule has 4 nitrogen and oxygen atoms in total. The summed E-state index contributed by atoms with van der Waals surface area (Å²) in [5.74, 6) is 1.61. The zero-order valence-electron chi connectivity index (χ0n) is 14.8. The number of carbonyl (C=O) groups is 1. The van der Waals surface area contributed by atoms with E-state index in [1.54, 1.807) is 11.8 Å². The normalized spacial score (nSPS) is 26.9. The number of amides is 1. The van der Waals surface area contributed by atoms with Crippen LogP contribution in [0.1, 0.15) is 42.5 Å². The summed E-state index contributed by atoms with van der Waals surface area (Å²) in [4.78, 5) is 16.3. The lowest BCUT2D eigenvalue weighted by atomic mass is 10.1. The van der Waals surface area contributed by atoms with Crippen LogP contribution in [0, 0.1) is 5.92 Å². The quantitative estimate of drug-likeness (QED) is 0.759. The van der Waals surface area contributed by atoms with E-state index in [0.29, 0.717) is 12.0 Å². The summed E-state index contributed by atoms with van der Waals surface area (Å²) in [7, 11) is 0. The van der Waals surface area contributed by atoms with E-state index in [1.807, 2.05) is 18.2 Å². The summed E-state index contributed by atoms with van der Waals surface area (Å²) in [6.45, 7) is 4.04. The lowest BCUT2D eigenvalue weighted by molar-refractivity contribution is 0.0944. The molecule has 1 saturated carbocycles. The van der Waals surface area contributed by atoms with Crippen LogP contribution in [-0.2, 0) is 4.74 Å². The Kier molecular flexibility index (Phi) is 5.63. The van der Waals surface area contributed by atoms with E-state index >= 15 is 0 Å². The maximum Gasteiger partial charge on any atom is 0.252 e. The van der Waals surface area contributed by atoms with Gasteiger partial charge in [-0.25, -0.2) is 0 Å². The van der Waals surface area contributed by atoms with Gasteiger partial charge < -0.3 is 15.0 Å². The van der Waals surface area contributed by atoms with Crippen molar-refractivity contribution in [3.05, 3.63) is 29.8 Å². The predicted octanol–water partition coefficient (Wildman–Crippen LogP) is 3.17. The van der Waals surface area contributed by atoms with Gasteiger partial charge in [0.1, 0.15) is 0 Å². The first-order chi connectivity index (χ1) is 12.3. The van der Waals surface area contributed by atoms with Gasteiger partial charge in [0.2, 0.25) is 0 Å². The van der Waals surface area contributed by atoms with E-state index in [-0.39, 0.29) is 5.91 Å². The number of thioether (sulfide) groups is 1. The van der Waals surface area contributed by atoms with Crippen molar-refractivity contribution in [1.82, 2.24) is 10.2 Å². The highest BCUT2D eigenvalue weighted by Gasteiger charge is 2.34. The average molecular weight is 361 g/mol. The van der Waals surface area contributed by atoms with Gasteiger partial charge >= 0.3 is 0 Å². The third kappa shape index (κ3) is 4.57. The highest BCUT2D eigenvalue weighted by Crippen LogP contribution is 2.31. The van der Waals surface area contributed by atoms with Gasteiger partial charge in [0.05, 0.1) is 11.7 Å². The molecular formula is C20H28N2O2S. The molecule has 0 spiro atoms. The summed E-state index contributed by atoms with van der Waals surface area (Å²) in [6, 6.07) is 8.81. The SMILES string of the molecule is O=C(NC[C@@H]1CCN(C2CC2)C1)c1ccccc1SC[C@@H]1CCCO1. The lowest BCUT2D eigenvalue weighted by Crippen LogP contribution is -2.31. The van der Waals surface area contributed by atoms with Gasteiger partial charge in [-0.1, -0.05) is 12.1 Å². The second-order valence-electron chi connectivity index (χ2n) is 7.53. The maximum absolute atomic E-state index is 12.7. The molecule has 0 bridgehead atoms. The van der Waals surface area contributed by atoms with Gasteiger partial charge in [-0.2, -0.15) is 0 Å². The number of benzene rings is 1. The summed E-state index contributed by atoms with van der Waals surface area (Å²) in [6.07, 6.45) is 6.59. The van der Waals surface area contributed by atoms with Crippen LogP contribution in [0.3, 0.4) is 0 Å². The van der Waals surface area contributed by atoms with E-state index in [9.17, 15) is 4.79 Å². The number of carbonyl (C=O) groups excluding carboxylic acids is 1. The van der Waals surface area contributed by atoms with Crippen molar-refractivity contribution in [3.8, 4) is 0 Å². The monoisotopic (exact) mass is 360 g/mol. The largest absolute Gasteiger partial charge is 0.377 e. The minimum absolute atomic E-state index is 0.0697. The third-order valence-electron chi connectivity index (χ3n) is 5.51. The Morgan fingerprint density at radius 2 is 2.12 bits per heavy atom. The van der Waals surface area contributed by atoms with Crippen LogP contribution in [0.2, 0.25) is 0 Å². The van der Waals surface area contributed by atoms with E-state index in [2.05, 4.69) is 16.3 Å². The van der Waals surface area contributed by atoms with Gasteiger partial charge in [0.15, 0.2) is 0 Å². The smallest absolute Gasteiger partial charge is 0.252 e. The number of likely N-dealkylation sites (tertiary alicyclic amines) is 1.